The van der Waals surface area contributed by atoms with Crippen molar-refractivity contribution in [1.29, 1.82) is 0 Å². The third kappa shape index (κ3) is 3.78. The van der Waals surface area contributed by atoms with E-state index in [1.807, 2.05) is 4.90 Å². The number of aryl methyl sites for hydroxylation is 1. The van der Waals surface area contributed by atoms with Gasteiger partial charge in [0.15, 0.2) is 4.80 Å². The van der Waals surface area contributed by atoms with Gasteiger partial charge in [-0.3, -0.25) is 4.57 Å². The lowest BCUT2D eigenvalue weighted by atomic mass is 9.84. The Bertz CT molecular complexity index is 822. The average Bonchev–Trinajstić information content (AvgIpc) is 3.33. The Morgan fingerprint density at radius 1 is 1.04 bits per heavy atom. The molecule has 0 radical (unpaired) electrons. The summed E-state index contributed by atoms with van der Waals surface area (Å²) in [5.74, 6) is 0.716. The first-order valence-corrected chi connectivity index (χ1v) is 10.7. The van der Waals surface area contributed by atoms with Crippen LogP contribution in [0.3, 0.4) is 0 Å². The number of carbonyl (C=O) groups excluding carboxylic acids is 1. The number of hydrogen-bond acceptors (Lipinski definition) is 2. The SMILES string of the molecule is Cc1cn(-c2ccc(C3CCCCC3)cc2)c(=NC(=O)N2CCCC2)s1. The number of hydrogen-bond donors (Lipinski definition) is 0. The summed E-state index contributed by atoms with van der Waals surface area (Å²) < 4.78 is 2.05. The van der Waals surface area contributed by atoms with Crippen LogP contribution in [0.1, 0.15) is 61.3 Å². The molecule has 0 bridgehead atoms. The molecule has 138 valence electrons. The fourth-order valence-electron chi connectivity index (χ4n) is 4.12. The molecule has 1 saturated heterocycles. The van der Waals surface area contributed by atoms with Gasteiger partial charge in [-0.25, -0.2) is 4.79 Å². The number of benzene rings is 1. The second-order valence-corrected chi connectivity index (χ2v) is 8.72. The molecule has 4 nitrogen and oxygen atoms in total. The van der Waals surface area contributed by atoms with Crippen LogP contribution in [-0.4, -0.2) is 28.6 Å². The normalized spacial score (nSPS) is 19.3. The second-order valence-electron chi connectivity index (χ2n) is 7.51. The maximum Gasteiger partial charge on any atom is 0.346 e. The number of urea groups is 1. The van der Waals surface area contributed by atoms with Crippen LogP contribution in [0, 0.1) is 6.92 Å². The molecule has 0 unspecified atom stereocenters. The van der Waals surface area contributed by atoms with Crippen LogP contribution in [-0.2, 0) is 0 Å². The fourth-order valence-corrected chi connectivity index (χ4v) is 4.95. The first kappa shape index (κ1) is 17.5. The standard InChI is InChI=1S/C21H27N3OS/c1-16-15-24(21(26-16)22-20(25)23-13-5-6-14-23)19-11-9-18(10-12-19)17-7-3-2-4-8-17/h9-12,15,17H,2-8,13-14H2,1H3. The summed E-state index contributed by atoms with van der Waals surface area (Å²) >= 11 is 1.58. The quantitative estimate of drug-likeness (QED) is 0.733. The van der Waals surface area contributed by atoms with Crippen molar-refractivity contribution in [1.82, 2.24) is 9.47 Å². The molecule has 2 fully saturated rings. The van der Waals surface area contributed by atoms with E-state index in [0.29, 0.717) is 5.92 Å². The molecule has 1 aliphatic heterocycles. The van der Waals surface area contributed by atoms with Gasteiger partial charge in [-0.2, -0.15) is 4.99 Å². The predicted molar refractivity (Wildman–Crippen MR) is 106 cm³/mol. The summed E-state index contributed by atoms with van der Waals surface area (Å²) in [6, 6.07) is 8.77. The molecule has 0 spiro atoms. The minimum absolute atomic E-state index is 0.100. The van der Waals surface area contributed by atoms with E-state index in [-0.39, 0.29) is 6.03 Å². The van der Waals surface area contributed by atoms with E-state index in [1.54, 1.807) is 11.3 Å². The molecular formula is C21H27N3OS. The average molecular weight is 370 g/mol. The lowest BCUT2D eigenvalue weighted by molar-refractivity contribution is 0.218. The monoisotopic (exact) mass is 369 g/mol. The second kappa shape index (κ2) is 7.78. The number of aromatic nitrogens is 1. The number of nitrogens with zero attached hydrogens (tertiary/aromatic N) is 3. The van der Waals surface area contributed by atoms with Gasteiger partial charge in [0.05, 0.1) is 0 Å². The van der Waals surface area contributed by atoms with E-state index >= 15 is 0 Å². The zero-order valence-corrected chi connectivity index (χ0v) is 16.3. The molecule has 26 heavy (non-hydrogen) atoms. The Balaban J connectivity index is 1.60. The van der Waals surface area contributed by atoms with Crippen molar-refractivity contribution < 1.29 is 4.79 Å². The molecule has 2 aliphatic rings. The third-order valence-corrected chi connectivity index (χ3v) is 6.48. The van der Waals surface area contributed by atoms with Gasteiger partial charge in [-0.1, -0.05) is 31.4 Å². The number of thiazole rings is 1. The molecule has 0 atom stereocenters. The maximum absolute atomic E-state index is 12.4. The predicted octanol–water partition coefficient (Wildman–Crippen LogP) is 5.01. The molecule has 1 aliphatic carbocycles. The molecule has 2 aromatic rings. The highest BCUT2D eigenvalue weighted by atomic mass is 32.1. The van der Waals surface area contributed by atoms with Gasteiger partial charge in [0.2, 0.25) is 0 Å². The molecule has 4 rings (SSSR count). The Hall–Kier alpha value is -1.88. The largest absolute Gasteiger partial charge is 0.346 e. The molecule has 0 N–H and O–H groups in total. The van der Waals surface area contributed by atoms with Gasteiger partial charge in [0.25, 0.3) is 0 Å². The minimum Gasteiger partial charge on any atom is -0.323 e. The fraction of sp³-hybridized carbons (Fsp3) is 0.524. The topological polar surface area (TPSA) is 37.6 Å². The third-order valence-electron chi connectivity index (χ3n) is 5.58. The number of rotatable bonds is 2. The highest BCUT2D eigenvalue weighted by Crippen LogP contribution is 2.32. The molecule has 1 aromatic carbocycles. The summed E-state index contributed by atoms with van der Waals surface area (Å²) in [6.45, 7) is 3.74. The zero-order chi connectivity index (χ0) is 17.9. The lowest BCUT2D eigenvalue weighted by Crippen LogP contribution is -2.27. The van der Waals surface area contributed by atoms with Crippen molar-refractivity contribution in [3.05, 3.63) is 45.7 Å². The molecule has 5 heteroatoms. The Kier molecular flexibility index (Phi) is 5.25. The Morgan fingerprint density at radius 2 is 1.73 bits per heavy atom. The van der Waals surface area contributed by atoms with Crippen molar-refractivity contribution in [3.63, 3.8) is 0 Å². The summed E-state index contributed by atoms with van der Waals surface area (Å²) in [7, 11) is 0. The summed E-state index contributed by atoms with van der Waals surface area (Å²) in [4.78, 5) is 20.6. The van der Waals surface area contributed by atoms with Crippen molar-refractivity contribution in [2.45, 2.75) is 57.8 Å². The van der Waals surface area contributed by atoms with E-state index in [4.69, 9.17) is 0 Å². The van der Waals surface area contributed by atoms with Crippen LogP contribution in [0.15, 0.2) is 35.5 Å². The first-order valence-electron chi connectivity index (χ1n) is 9.84. The van der Waals surface area contributed by atoms with Gasteiger partial charge < -0.3 is 4.90 Å². The molecule has 2 amide bonds. The highest BCUT2D eigenvalue weighted by molar-refractivity contribution is 7.09. The van der Waals surface area contributed by atoms with Gasteiger partial charge in [0.1, 0.15) is 0 Å². The van der Waals surface area contributed by atoms with E-state index in [9.17, 15) is 4.79 Å². The van der Waals surface area contributed by atoms with Gasteiger partial charge >= 0.3 is 6.03 Å². The Morgan fingerprint density at radius 3 is 2.42 bits per heavy atom. The smallest absolute Gasteiger partial charge is 0.323 e. The summed E-state index contributed by atoms with van der Waals surface area (Å²) in [5, 5.41) is 0. The first-order chi connectivity index (χ1) is 12.7. The number of likely N-dealkylation sites (tertiary alicyclic amines) is 1. The Labute approximate surface area is 159 Å². The van der Waals surface area contributed by atoms with Crippen LogP contribution in [0.2, 0.25) is 0 Å². The van der Waals surface area contributed by atoms with Gasteiger partial charge in [0, 0.05) is 29.9 Å². The molecule has 2 heterocycles. The number of carbonyl (C=O) groups is 1. The van der Waals surface area contributed by atoms with E-state index in [2.05, 4.69) is 46.9 Å². The minimum atomic E-state index is -0.100. The van der Waals surface area contributed by atoms with E-state index in [1.165, 1.54) is 37.7 Å². The van der Waals surface area contributed by atoms with Crippen LogP contribution >= 0.6 is 11.3 Å². The molecule has 1 aromatic heterocycles. The van der Waals surface area contributed by atoms with Crippen molar-refractivity contribution in [3.8, 4) is 5.69 Å². The van der Waals surface area contributed by atoms with E-state index in [0.717, 1.165) is 41.3 Å². The molecule has 1 saturated carbocycles. The highest BCUT2D eigenvalue weighted by Gasteiger charge is 2.18. The van der Waals surface area contributed by atoms with Crippen LogP contribution < -0.4 is 4.80 Å². The van der Waals surface area contributed by atoms with Crippen LogP contribution in [0.25, 0.3) is 5.69 Å². The summed E-state index contributed by atoms with van der Waals surface area (Å²) in [5.41, 5.74) is 2.54. The van der Waals surface area contributed by atoms with Crippen LogP contribution in [0.5, 0.6) is 0 Å². The summed E-state index contributed by atoms with van der Waals surface area (Å²) in [6.07, 6.45) is 11.0. The number of amides is 2. The maximum atomic E-state index is 12.4. The van der Waals surface area contributed by atoms with Gasteiger partial charge in [-0.05, 0) is 56.2 Å². The molecular weight excluding hydrogens is 342 g/mol. The van der Waals surface area contributed by atoms with Crippen molar-refractivity contribution >= 4 is 17.4 Å². The van der Waals surface area contributed by atoms with Crippen LogP contribution in [0.4, 0.5) is 4.79 Å². The zero-order valence-electron chi connectivity index (χ0n) is 15.5. The van der Waals surface area contributed by atoms with Crippen molar-refractivity contribution in [2.24, 2.45) is 4.99 Å². The lowest BCUT2D eigenvalue weighted by Gasteiger charge is -2.22. The van der Waals surface area contributed by atoms with Gasteiger partial charge in [-0.15, -0.1) is 11.3 Å². The van der Waals surface area contributed by atoms with Crippen molar-refractivity contribution in [2.75, 3.05) is 13.1 Å². The van der Waals surface area contributed by atoms with E-state index < -0.39 is 0 Å².